The molecular weight excluding hydrogens is 483 g/mol. The van der Waals surface area contributed by atoms with E-state index in [-0.39, 0.29) is 29.3 Å². The molecule has 1 aromatic carbocycles. The fourth-order valence-electron chi connectivity index (χ4n) is 3.75. The molecule has 12 nitrogen and oxygen atoms in total. The van der Waals surface area contributed by atoms with Crippen molar-refractivity contribution in [2.24, 2.45) is 5.14 Å². The van der Waals surface area contributed by atoms with E-state index < -0.39 is 40.6 Å². The molecule has 3 aromatic rings. The number of aromatic nitrogens is 3. The molecule has 2 aromatic heterocycles. The summed E-state index contributed by atoms with van der Waals surface area (Å²) in [5.41, 5.74) is 6.64. The van der Waals surface area contributed by atoms with Crippen LogP contribution in [0.4, 0.5) is 10.2 Å². The van der Waals surface area contributed by atoms with Crippen molar-refractivity contribution in [3.8, 4) is 17.6 Å². The Hall–Kier alpha value is -3.32. The number of anilines is 1. The average Bonchev–Trinajstić information content (AvgIpc) is 3.30. The molecular formula is C21H23FN6O6S. The van der Waals surface area contributed by atoms with E-state index in [1.807, 2.05) is 4.72 Å². The van der Waals surface area contributed by atoms with E-state index in [1.165, 1.54) is 29.2 Å². The maximum atomic E-state index is 14.4. The van der Waals surface area contributed by atoms with Crippen LogP contribution in [0.1, 0.15) is 24.3 Å². The Labute approximate surface area is 199 Å². The lowest BCUT2D eigenvalue weighted by molar-refractivity contribution is -0.0327. The molecule has 1 saturated heterocycles. The molecule has 4 atom stereocenters. The second kappa shape index (κ2) is 9.74. The Morgan fingerprint density at radius 3 is 2.77 bits per heavy atom. The van der Waals surface area contributed by atoms with Gasteiger partial charge in [-0.1, -0.05) is 17.9 Å². The second-order valence-corrected chi connectivity index (χ2v) is 9.02. The van der Waals surface area contributed by atoms with Crippen molar-refractivity contribution in [2.75, 3.05) is 18.9 Å². The van der Waals surface area contributed by atoms with E-state index in [9.17, 15) is 23.0 Å². The van der Waals surface area contributed by atoms with Gasteiger partial charge in [0.05, 0.1) is 17.6 Å². The number of hydrogen-bond acceptors (Lipinski definition) is 9. The lowest BCUT2D eigenvalue weighted by Crippen LogP contribution is -2.42. The van der Waals surface area contributed by atoms with Crippen molar-refractivity contribution in [1.29, 1.82) is 0 Å². The van der Waals surface area contributed by atoms with E-state index in [0.717, 1.165) is 0 Å². The Morgan fingerprint density at radius 1 is 1.29 bits per heavy atom. The van der Waals surface area contributed by atoms with Crippen LogP contribution in [0, 0.1) is 17.7 Å². The number of ether oxygens (including phenoxy) is 2. The zero-order valence-corrected chi connectivity index (χ0v) is 19.2. The van der Waals surface area contributed by atoms with Crippen LogP contribution < -0.4 is 20.3 Å². The van der Waals surface area contributed by atoms with Crippen molar-refractivity contribution in [2.45, 2.75) is 31.5 Å². The summed E-state index contributed by atoms with van der Waals surface area (Å²) in [6, 6.07) is 4.36. The third-order valence-corrected chi connectivity index (χ3v) is 5.90. The Morgan fingerprint density at radius 2 is 2.06 bits per heavy atom. The van der Waals surface area contributed by atoms with Crippen LogP contribution in [0.3, 0.4) is 0 Å². The van der Waals surface area contributed by atoms with E-state index in [4.69, 9.17) is 20.3 Å². The summed E-state index contributed by atoms with van der Waals surface area (Å²) in [5, 5.41) is 26.2. The van der Waals surface area contributed by atoms with Crippen LogP contribution in [-0.4, -0.2) is 64.6 Å². The second-order valence-electron chi connectivity index (χ2n) is 7.64. The molecule has 1 aliphatic heterocycles. The number of nitrogen functional groups attached to an aromatic ring is 1. The van der Waals surface area contributed by atoms with Gasteiger partial charge in [0.2, 0.25) is 0 Å². The Kier molecular flexibility index (Phi) is 6.90. The summed E-state index contributed by atoms with van der Waals surface area (Å²) in [6.07, 6.45) is -2.49. The van der Waals surface area contributed by atoms with E-state index in [1.54, 1.807) is 13.0 Å². The highest BCUT2D eigenvalue weighted by Gasteiger charge is 2.44. The van der Waals surface area contributed by atoms with E-state index in [0.29, 0.717) is 17.6 Å². The summed E-state index contributed by atoms with van der Waals surface area (Å²) < 4.78 is 51.4. The van der Waals surface area contributed by atoms with Gasteiger partial charge < -0.3 is 30.0 Å². The minimum Gasteiger partial charge on any atom is -0.492 e. The molecule has 35 heavy (non-hydrogen) atoms. The molecule has 0 radical (unpaired) electrons. The first kappa shape index (κ1) is 24.8. The largest absolute Gasteiger partial charge is 0.492 e. The van der Waals surface area contributed by atoms with E-state index >= 15 is 0 Å². The SMILES string of the molecule is CCOc1cccc(F)c1C#Cc1cn([C@@H]2OC(CNS(N)(=O)=O)[C@@H](O)[C@H]2O)c2ncnc(N)c12. The molecule has 0 spiro atoms. The summed E-state index contributed by atoms with van der Waals surface area (Å²) in [5.74, 6) is 5.39. The van der Waals surface area contributed by atoms with E-state index in [2.05, 4.69) is 21.8 Å². The molecule has 0 saturated carbocycles. The number of benzene rings is 1. The van der Waals surface area contributed by atoms with Crippen molar-refractivity contribution in [3.63, 3.8) is 0 Å². The number of halogens is 1. The molecule has 186 valence electrons. The maximum absolute atomic E-state index is 14.4. The monoisotopic (exact) mass is 506 g/mol. The summed E-state index contributed by atoms with van der Waals surface area (Å²) in [7, 11) is -4.04. The van der Waals surface area contributed by atoms with Crippen molar-refractivity contribution in [1.82, 2.24) is 19.3 Å². The molecule has 0 amide bonds. The van der Waals surface area contributed by atoms with Gasteiger partial charge in [-0.2, -0.15) is 13.1 Å². The Bertz CT molecular complexity index is 1420. The summed E-state index contributed by atoms with van der Waals surface area (Å²) in [6.45, 7) is 1.71. The topological polar surface area (TPSA) is 188 Å². The van der Waals surface area contributed by atoms with Gasteiger partial charge in [-0.15, -0.1) is 0 Å². The average molecular weight is 507 g/mol. The predicted octanol–water partition coefficient (Wildman–Crippen LogP) is -0.637. The van der Waals surface area contributed by atoms with Crippen LogP contribution >= 0.6 is 0 Å². The molecule has 0 bridgehead atoms. The van der Waals surface area contributed by atoms with Crippen LogP contribution in [-0.2, 0) is 14.9 Å². The zero-order valence-electron chi connectivity index (χ0n) is 18.4. The number of aliphatic hydroxyl groups is 2. The number of hydrogen-bond donors (Lipinski definition) is 5. The normalized spacial score (nSPS) is 22.2. The van der Waals surface area contributed by atoms with Crippen LogP contribution in [0.15, 0.2) is 30.7 Å². The van der Waals surface area contributed by atoms with Gasteiger partial charge in [0, 0.05) is 12.7 Å². The van der Waals surface area contributed by atoms with Gasteiger partial charge in [-0.25, -0.2) is 19.5 Å². The number of nitrogens with zero attached hydrogens (tertiary/aromatic N) is 3. The molecule has 1 unspecified atom stereocenters. The van der Waals surface area contributed by atoms with Crippen molar-refractivity contribution >= 4 is 27.1 Å². The lowest BCUT2D eigenvalue weighted by Gasteiger charge is -2.17. The first-order valence-corrected chi connectivity index (χ1v) is 12.0. The highest BCUT2D eigenvalue weighted by Crippen LogP contribution is 2.34. The van der Waals surface area contributed by atoms with Gasteiger partial charge >= 0.3 is 0 Å². The number of rotatable bonds is 6. The van der Waals surface area contributed by atoms with Crippen LogP contribution in [0.5, 0.6) is 5.75 Å². The quantitative estimate of drug-likeness (QED) is 0.271. The van der Waals surface area contributed by atoms with Crippen LogP contribution in [0.25, 0.3) is 11.0 Å². The molecule has 0 aliphatic carbocycles. The predicted molar refractivity (Wildman–Crippen MR) is 123 cm³/mol. The summed E-state index contributed by atoms with van der Waals surface area (Å²) in [4.78, 5) is 8.17. The lowest BCUT2D eigenvalue weighted by atomic mass is 10.1. The third-order valence-electron chi connectivity index (χ3n) is 5.33. The zero-order chi connectivity index (χ0) is 25.3. The maximum Gasteiger partial charge on any atom is 0.274 e. The highest BCUT2D eigenvalue weighted by molar-refractivity contribution is 7.87. The Balaban J connectivity index is 1.75. The number of nitrogens with two attached hydrogens (primary N) is 2. The number of fused-ring (bicyclic) bond motifs is 1. The first-order valence-electron chi connectivity index (χ1n) is 10.4. The number of nitrogens with one attached hydrogen (secondary N) is 1. The fourth-order valence-corrected chi connectivity index (χ4v) is 4.15. The minimum atomic E-state index is -4.04. The standard InChI is InChI=1S/C21H23FN6O6S/c1-2-33-14-5-3-4-13(22)12(14)7-6-11-9-28(20-16(11)19(23)25-10-26-20)21-18(30)17(29)15(34-21)8-27-35(24,31)32/h3-5,9-10,15,17-18,21,27,29-30H,2,8H2,1H3,(H2,23,25,26)(H2,24,31,32)/t15?,17-,18-,21-/m1/s1. The van der Waals surface area contributed by atoms with Gasteiger partial charge in [0.25, 0.3) is 10.2 Å². The number of aliphatic hydroxyl groups excluding tert-OH is 2. The third kappa shape index (κ3) is 5.05. The summed E-state index contributed by atoms with van der Waals surface area (Å²) >= 11 is 0. The molecule has 14 heteroatoms. The van der Waals surface area contributed by atoms with Gasteiger partial charge in [0.15, 0.2) is 6.23 Å². The van der Waals surface area contributed by atoms with Gasteiger partial charge in [-0.05, 0) is 19.1 Å². The van der Waals surface area contributed by atoms with Crippen LogP contribution in [0.2, 0.25) is 0 Å². The van der Waals surface area contributed by atoms with Gasteiger partial charge in [-0.3, -0.25) is 0 Å². The van der Waals surface area contributed by atoms with Crippen molar-refractivity contribution < 1.29 is 32.5 Å². The molecule has 4 rings (SSSR count). The minimum absolute atomic E-state index is 0.0485. The molecule has 1 aliphatic rings. The molecule has 7 N–H and O–H groups in total. The first-order chi connectivity index (χ1) is 16.6. The molecule has 1 fully saturated rings. The smallest absolute Gasteiger partial charge is 0.274 e. The highest BCUT2D eigenvalue weighted by atomic mass is 32.2. The van der Waals surface area contributed by atoms with Gasteiger partial charge in [0.1, 0.15) is 53.2 Å². The fraction of sp³-hybridized carbons (Fsp3) is 0.333. The molecule has 3 heterocycles. The van der Waals surface area contributed by atoms with Crippen molar-refractivity contribution in [3.05, 3.63) is 47.7 Å².